The largest absolute Gasteiger partial charge is 0.508 e. The molecule has 0 aliphatic carbocycles. The first-order chi connectivity index (χ1) is 5.74. The van der Waals surface area contributed by atoms with Crippen LogP contribution in [0, 0.1) is 5.82 Å². The fourth-order valence-corrected chi connectivity index (χ4v) is 0.854. The van der Waals surface area contributed by atoms with E-state index in [1.54, 1.807) is 6.08 Å². The molecule has 0 fully saturated rings. The minimum atomic E-state index is -0.363. The van der Waals surface area contributed by atoms with E-state index in [1.165, 1.54) is 24.3 Å². The highest BCUT2D eigenvalue weighted by atomic mass is 19.1. The Balaban J connectivity index is 2.97. The van der Waals surface area contributed by atoms with Gasteiger partial charge in [0.15, 0.2) is 0 Å². The molecule has 3 heteroatoms. The lowest BCUT2D eigenvalue weighted by Crippen LogP contribution is -1.92. The predicted molar refractivity (Wildman–Crippen MR) is 46.2 cm³/mol. The van der Waals surface area contributed by atoms with Crippen molar-refractivity contribution in [2.24, 2.45) is 5.73 Å². The number of phenolic OH excluding ortho intramolecular Hbond substituents is 1. The van der Waals surface area contributed by atoms with Crippen molar-refractivity contribution in [3.63, 3.8) is 0 Å². The lowest BCUT2D eigenvalue weighted by atomic mass is 10.2. The predicted octanol–water partition coefficient (Wildman–Crippen LogP) is 1.50. The van der Waals surface area contributed by atoms with Gasteiger partial charge >= 0.3 is 0 Å². The molecule has 0 atom stereocenters. The molecule has 1 aromatic rings. The molecular weight excluding hydrogens is 157 g/mol. The highest BCUT2D eigenvalue weighted by molar-refractivity contribution is 5.52. The average molecular weight is 167 g/mol. The van der Waals surface area contributed by atoms with Gasteiger partial charge in [-0.05, 0) is 18.2 Å². The van der Waals surface area contributed by atoms with Gasteiger partial charge in [0, 0.05) is 12.1 Å². The third-order valence-corrected chi connectivity index (χ3v) is 1.41. The van der Waals surface area contributed by atoms with Gasteiger partial charge in [-0.15, -0.1) is 0 Å². The lowest BCUT2D eigenvalue weighted by molar-refractivity contribution is 0.473. The van der Waals surface area contributed by atoms with Gasteiger partial charge in [0.1, 0.15) is 11.6 Å². The van der Waals surface area contributed by atoms with Gasteiger partial charge in [0.25, 0.3) is 0 Å². The second-order valence-electron chi connectivity index (χ2n) is 2.34. The fraction of sp³-hybridized carbons (Fsp3) is 0.111. The summed E-state index contributed by atoms with van der Waals surface area (Å²) >= 11 is 0. The summed E-state index contributed by atoms with van der Waals surface area (Å²) in [4.78, 5) is 0. The molecule has 12 heavy (non-hydrogen) atoms. The van der Waals surface area contributed by atoms with Crippen LogP contribution in [0.1, 0.15) is 5.56 Å². The van der Waals surface area contributed by atoms with Crippen LogP contribution in [0.3, 0.4) is 0 Å². The molecule has 0 saturated heterocycles. The zero-order chi connectivity index (χ0) is 8.97. The van der Waals surface area contributed by atoms with E-state index in [1.807, 2.05) is 0 Å². The Kier molecular flexibility index (Phi) is 2.82. The van der Waals surface area contributed by atoms with Gasteiger partial charge in [-0.3, -0.25) is 0 Å². The van der Waals surface area contributed by atoms with Crippen molar-refractivity contribution >= 4 is 6.08 Å². The van der Waals surface area contributed by atoms with Crippen LogP contribution in [0.5, 0.6) is 5.75 Å². The Hall–Kier alpha value is -1.35. The molecule has 0 spiro atoms. The van der Waals surface area contributed by atoms with Crippen molar-refractivity contribution in [2.75, 3.05) is 6.54 Å². The maximum atomic E-state index is 12.9. The molecule has 0 aliphatic heterocycles. The van der Waals surface area contributed by atoms with E-state index >= 15 is 0 Å². The van der Waals surface area contributed by atoms with Crippen LogP contribution in [-0.2, 0) is 0 Å². The first-order valence-electron chi connectivity index (χ1n) is 3.59. The Morgan fingerprint density at radius 2 is 2.25 bits per heavy atom. The Labute approximate surface area is 70.1 Å². The number of benzene rings is 1. The van der Waals surface area contributed by atoms with E-state index in [0.717, 1.165) is 0 Å². The molecule has 0 radical (unpaired) electrons. The van der Waals surface area contributed by atoms with Gasteiger partial charge in [0.2, 0.25) is 0 Å². The zero-order valence-electron chi connectivity index (χ0n) is 6.50. The molecule has 0 heterocycles. The SMILES string of the molecule is NCC=Cc1cc(O)ccc1F. The van der Waals surface area contributed by atoms with Crippen LogP contribution in [0.25, 0.3) is 6.08 Å². The summed E-state index contributed by atoms with van der Waals surface area (Å²) in [6, 6.07) is 3.86. The second kappa shape index (κ2) is 3.88. The van der Waals surface area contributed by atoms with Crippen LogP contribution < -0.4 is 5.73 Å². The van der Waals surface area contributed by atoms with Crippen molar-refractivity contribution in [1.82, 2.24) is 0 Å². The van der Waals surface area contributed by atoms with Crippen LogP contribution >= 0.6 is 0 Å². The first-order valence-corrected chi connectivity index (χ1v) is 3.59. The van der Waals surface area contributed by atoms with Crippen LogP contribution in [0.15, 0.2) is 24.3 Å². The maximum Gasteiger partial charge on any atom is 0.130 e. The second-order valence-corrected chi connectivity index (χ2v) is 2.34. The van der Waals surface area contributed by atoms with Gasteiger partial charge in [-0.2, -0.15) is 0 Å². The molecule has 0 unspecified atom stereocenters. The van der Waals surface area contributed by atoms with Crippen molar-refractivity contribution in [2.45, 2.75) is 0 Å². The van der Waals surface area contributed by atoms with E-state index in [2.05, 4.69) is 0 Å². The lowest BCUT2D eigenvalue weighted by Gasteiger charge is -1.96. The highest BCUT2D eigenvalue weighted by Crippen LogP contribution is 2.16. The molecule has 1 rings (SSSR count). The van der Waals surface area contributed by atoms with Crippen molar-refractivity contribution in [3.8, 4) is 5.75 Å². The smallest absolute Gasteiger partial charge is 0.130 e. The summed E-state index contributed by atoms with van der Waals surface area (Å²) in [5.41, 5.74) is 5.54. The molecule has 0 bridgehead atoms. The molecule has 3 N–H and O–H groups in total. The highest BCUT2D eigenvalue weighted by Gasteiger charge is 1.97. The Morgan fingerprint density at radius 3 is 2.92 bits per heavy atom. The zero-order valence-corrected chi connectivity index (χ0v) is 6.50. The topological polar surface area (TPSA) is 46.2 Å². The molecule has 0 amide bonds. The molecule has 64 valence electrons. The first kappa shape index (κ1) is 8.74. The number of phenols is 1. The quantitative estimate of drug-likeness (QED) is 0.701. The maximum absolute atomic E-state index is 12.9. The van der Waals surface area contributed by atoms with Gasteiger partial charge in [-0.1, -0.05) is 12.2 Å². The summed E-state index contributed by atoms with van der Waals surface area (Å²) in [7, 11) is 0. The monoisotopic (exact) mass is 167 g/mol. The van der Waals surface area contributed by atoms with E-state index in [4.69, 9.17) is 10.8 Å². The van der Waals surface area contributed by atoms with Crippen molar-refractivity contribution in [1.29, 1.82) is 0 Å². The number of hydrogen-bond donors (Lipinski definition) is 2. The number of nitrogens with two attached hydrogens (primary N) is 1. The van der Waals surface area contributed by atoms with E-state index in [0.29, 0.717) is 12.1 Å². The molecule has 2 nitrogen and oxygen atoms in total. The summed E-state index contributed by atoms with van der Waals surface area (Å²) in [5, 5.41) is 9.01. The van der Waals surface area contributed by atoms with E-state index in [9.17, 15) is 4.39 Å². The fourth-order valence-electron chi connectivity index (χ4n) is 0.854. The molecule has 0 aromatic heterocycles. The molecule has 1 aromatic carbocycles. The normalized spacial score (nSPS) is 10.8. The van der Waals surface area contributed by atoms with E-state index < -0.39 is 0 Å². The van der Waals surface area contributed by atoms with Crippen LogP contribution in [0.2, 0.25) is 0 Å². The summed E-state index contributed by atoms with van der Waals surface area (Å²) in [6.07, 6.45) is 3.16. The third-order valence-electron chi connectivity index (χ3n) is 1.41. The summed E-state index contributed by atoms with van der Waals surface area (Å²) in [6.45, 7) is 0.356. The van der Waals surface area contributed by atoms with E-state index in [-0.39, 0.29) is 11.6 Å². The minimum Gasteiger partial charge on any atom is -0.508 e. The van der Waals surface area contributed by atoms with Crippen LogP contribution in [0.4, 0.5) is 4.39 Å². The molecular formula is C9H10FNO. The number of hydrogen-bond acceptors (Lipinski definition) is 2. The minimum absolute atomic E-state index is 0.0491. The van der Waals surface area contributed by atoms with Crippen molar-refractivity contribution < 1.29 is 9.50 Å². The Morgan fingerprint density at radius 1 is 1.50 bits per heavy atom. The van der Waals surface area contributed by atoms with Gasteiger partial charge < -0.3 is 10.8 Å². The third kappa shape index (κ3) is 2.07. The molecule has 0 saturated carbocycles. The van der Waals surface area contributed by atoms with Crippen LogP contribution in [-0.4, -0.2) is 11.7 Å². The van der Waals surface area contributed by atoms with Crippen molar-refractivity contribution in [3.05, 3.63) is 35.7 Å². The number of aromatic hydroxyl groups is 1. The van der Waals surface area contributed by atoms with Gasteiger partial charge in [-0.25, -0.2) is 4.39 Å². The average Bonchev–Trinajstić information content (AvgIpc) is 2.07. The Bertz CT molecular complexity index is 297. The summed E-state index contributed by atoms with van der Waals surface area (Å²) < 4.78 is 12.9. The van der Waals surface area contributed by atoms with Gasteiger partial charge in [0.05, 0.1) is 0 Å². The number of halogens is 1. The molecule has 0 aliphatic rings. The standard InChI is InChI=1S/C9H10FNO/c10-9-4-3-8(12)6-7(9)2-1-5-11/h1-4,6,12H,5,11H2. The number of rotatable bonds is 2. The summed E-state index contributed by atoms with van der Waals surface area (Å²) in [5.74, 6) is -0.314.